The van der Waals surface area contributed by atoms with Gasteiger partial charge in [-0.3, -0.25) is 0 Å². The Balaban J connectivity index is 2.58. The molecule has 7 nitrogen and oxygen atoms in total. The van der Waals surface area contributed by atoms with Crippen LogP contribution in [0.5, 0.6) is 0 Å². The van der Waals surface area contributed by atoms with Gasteiger partial charge in [0.2, 0.25) is 0 Å². The van der Waals surface area contributed by atoms with E-state index in [1.54, 1.807) is 20.8 Å². The minimum Gasteiger partial charge on any atom is -0.548 e. The van der Waals surface area contributed by atoms with Crippen LogP contribution in [0.4, 0.5) is 4.79 Å². The van der Waals surface area contributed by atoms with E-state index in [1.165, 1.54) is 12.5 Å². The second-order valence-corrected chi connectivity index (χ2v) is 4.80. The quantitative estimate of drug-likeness (QED) is 0.760. The fraction of sp³-hybridized carbons (Fsp3) is 0.545. The highest BCUT2D eigenvalue weighted by molar-refractivity contribution is 5.78. The Morgan fingerprint density at radius 1 is 1.56 bits per heavy atom. The van der Waals surface area contributed by atoms with Crippen LogP contribution in [0.25, 0.3) is 0 Å². The number of carbonyl (C=O) groups excluding carboxylic acids is 2. The largest absolute Gasteiger partial charge is 0.548 e. The molecule has 0 fully saturated rings. The molecule has 1 aromatic heterocycles. The molecule has 1 aromatic rings. The van der Waals surface area contributed by atoms with Gasteiger partial charge in [0.25, 0.3) is 0 Å². The lowest BCUT2D eigenvalue weighted by molar-refractivity contribution is -0.308. The van der Waals surface area contributed by atoms with E-state index >= 15 is 0 Å². The number of amides is 1. The van der Waals surface area contributed by atoms with Gasteiger partial charge in [0, 0.05) is 18.3 Å². The number of ether oxygens (including phenoxy) is 1. The number of carboxylic acid groups (broad SMARTS) is 1. The fourth-order valence-corrected chi connectivity index (χ4v) is 1.26. The van der Waals surface area contributed by atoms with Crippen molar-refractivity contribution >= 4 is 12.1 Å². The van der Waals surface area contributed by atoms with Crippen LogP contribution in [0.2, 0.25) is 0 Å². The van der Waals surface area contributed by atoms with Gasteiger partial charge in [-0.25, -0.2) is 9.78 Å². The number of aromatic amines is 1. The fourth-order valence-electron chi connectivity index (χ4n) is 1.26. The molecule has 100 valence electrons. The van der Waals surface area contributed by atoms with Crippen molar-refractivity contribution in [1.82, 2.24) is 15.3 Å². The molecule has 7 heteroatoms. The lowest BCUT2D eigenvalue weighted by Gasteiger charge is -2.23. The standard InChI is InChI=1S/C11H17N3O4/c1-11(2,3)18-10(17)14-8(9(15)16)4-7-5-12-6-13-7/h5-6,8H,4H2,1-3H3,(H,12,13)(H,14,17)(H,15,16)/p-1/t8-/m0/s1. The van der Waals surface area contributed by atoms with Crippen molar-refractivity contribution in [3.05, 3.63) is 18.2 Å². The van der Waals surface area contributed by atoms with E-state index in [-0.39, 0.29) is 6.42 Å². The van der Waals surface area contributed by atoms with Gasteiger partial charge in [-0.05, 0) is 20.8 Å². The number of imidazole rings is 1. The molecule has 1 amide bonds. The molecule has 0 aliphatic carbocycles. The van der Waals surface area contributed by atoms with E-state index < -0.39 is 23.7 Å². The number of hydrogen-bond donors (Lipinski definition) is 2. The molecule has 0 bridgehead atoms. The van der Waals surface area contributed by atoms with Gasteiger partial charge in [0.05, 0.1) is 18.3 Å². The molecule has 1 atom stereocenters. The summed E-state index contributed by atoms with van der Waals surface area (Å²) in [5.41, 5.74) is -0.102. The summed E-state index contributed by atoms with van der Waals surface area (Å²) in [7, 11) is 0. The van der Waals surface area contributed by atoms with Gasteiger partial charge in [-0.15, -0.1) is 0 Å². The molecule has 2 N–H and O–H groups in total. The maximum absolute atomic E-state index is 11.5. The summed E-state index contributed by atoms with van der Waals surface area (Å²) in [4.78, 5) is 28.9. The average Bonchev–Trinajstić information content (AvgIpc) is 2.66. The Hall–Kier alpha value is -2.05. The third kappa shape index (κ3) is 4.86. The maximum atomic E-state index is 11.5. The first-order valence-corrected chi connectivity index (χ1v) is 5.45. The molecule has 0 saturated carbocycles. The average molecular weight is 254 g/mol. The summed E-state index contributed by atoms with van der Waals surface area (Å²) in [5.74, 6) is -1.38. The summed E-state index contributed by atoms with van der Waals surface area (Å²) in [6.07, 6.45) is 2.17. The summed E-state index contributed by atoms with van der Waals surface area (Å²) < 4.78 is 4.97. The van der Waals surface area contributed by atoms with Crippen molar-refractivity contribution < 1.29 is 19.4 Å². The van der Waals surface area contributed by atoms with E-state index in [1.807, 2.05) is 0 Å². The molecule has 0 aromatic carbocycles. The Bertz CT molecular complexity index is 408. The molecule has 0 radical (unpaired) electrons. The van der Waals surface area contributed by atoms with Crippen LogP contribution >= 0.6 is 0 Å². The number of nitrogens with one attached hydrogen (secondary N) is 2. The zero-order valence-corrected chi connectivity index (χ0v) is 10.5. The monoisotopic (exact) mass is 254 g/mol. The number of nitrogens with zero attached hydrogens (tertiary/aromatic N) is 1. The molecule has 18 heavy (non-hydrogen) atoms. The number of carbonyl (C=O) groups is 2. The number of aliphatic carboxylic acids is 1. The van der Waals surface area contributed by atoms with Crippen molar-refractivity contribution in [3.63, 3.8) is 0 Å². The highest BCUT2D eigenvalue weighted by Gasteiger charge is 2.20. The lowest BCUT2D eigenvalue weighted by atomic mass is 10.1. The normalized spacial score (nSPS) is 12.8. The SMILES string of the molecule is CC(C)(C)OC(=O)N[C@@H](Cc1cnc[nH]1)C(=O)[O-]. The highest BCUT2D eigenvalue weighted by Crippen LogP contribution is 2.07. The molecule has 0 unspecified atom stereocenters. The third-order valence-electron chi connectivity index (χ3n) is 1.95. The first-order valence-electron chi connectivity index (χ1n) is 5.45. The number of aromatic nitrogens is 2. The summed E-state index contributed by atoms with van der Waals surface area (Å²) in [6.45, 7) is 5.07. The Labute approximate surface area is 105 Å². The predicted octanol–water partition coefficient (Wildman–Crippen LogP) is -0.405. The van der Waals surface area contributed by atoms with Crippen LogP contribution < -0.4 is 10.4 Å². The van der Waals surface area contributed by atoms with Crippen LogP contribution in [0.3, 0.4) is 0 Å². The van der Waals surface area contributed by atoms with Crippen LogP contribution in [0, 0.1) is 0 Å². The minimum absolute atomic E-state index is 0.0571. The number of rotatable bonds is 4. The van der Waals surface area contributed by atoms with Crippen LogP contribution in [-0.4, -0.2) is 33.7 Å². The molecule has 0 aliphatic rings. The Kier molecular flexibility index (Phi) is 4.30. The molecule has 0 saturated heterocycles. The van der Waals surface area contributed by atoms with Gasteiger partial charge in [0.1, 0.15) is 5.60 Å². The van der Waals surface area contributed by atoms with Crippen molar-refractivity contribution in [1.29, 1.82) is 0 Å². The van der Waals surface area contributed by atoms with Crippen molar-refractivity contribution in [3.8, 4) is 0 Å². The topological polar surface area (TPSA) is 107 Å². The van der Waals surface area contributed by atoms with E-state index in [0.717, 1.165) is 0 Å². The Morgan fingerprint density at radius 2 is 2.22 bits per heavy atom. The van der Waals surface area contributed by atoms with Gasteiger partial charge < -0.3 is 24.9 Å². The van der Waals surface area contributed by atoms with Crippen LogP contribution in [-0.2, 0) is 16.0 Å². The van der Waals surface area contributed by atoms with Crippen LogP contribution in [0.15, 0.2) is 12.5 Å². The number of alkyl carbamates (subject to hydrolysis) is 1. The maximum Gasteiger partial charge on any atom is 0.408 e. The number of carboxylic acids is 1. The van der Waals surface area contributed by atoms with Gasteiger partial charge in [-0.1, -0.05) is 0 Å². The van der Waals surface area contributed by atoms with Crippen LogP contribution in [0.1, 0.15) is 26.5 Å². The van der Waals surface area contributed by atoms with Crippen molar-refractivity contribution in [2.45, 2.75) is 38.8 Å². The molecule has 0 spiro atoms. The summed E-state index contributed by atoms with van der Waals surface area (Å²) in [6, 6.07) is -1.17. The molecular weight excluding hydrogens is 238 g/mol. The molecule has 1 heterocycles. The zero-order chi connectivity index (χ0) is 13.8. The number of hydrogen-bond acceptors (Lipinski definition) is 5. The number of H-pyrrole nitrogens is 1. The zero-order valence-electron chi connectivity index (χ0n) is 10.5. The minimum atomic E-state index is -1.38. The second-order valence-electron chi connectivity index (χ2n) is 4.80. The van der Waals surface area contributed by atoms with Gasteiger partial charge >= 0.3 is 6.09 Å². The van der Waals surface area contributed by atoms with Gasteiger partial charge in [-0.2, -0.15) is 0 Å². The van der Waals surface area contributed by atoms with E-state index in [4.69, 9.17) is 4.74 Å². The van der Waals surface area contributed by atoms with E-state index in [0.29, 0.717) is 5.69 Å². The second kappa shape index (κ2) is 5.52. The first kappa shape index (κ1) is 14.0. The lowest BCUT2D eigenvalue weighted by Crippen LogP contribution is -2.50. The predicted molar refractivity (Wildman–Crippen MR) is 60.5 cm³/mol. The first-order chi connectivity index (χ1) is 8.28. The molecular formula is C11H16N3O4-. The summed E-state index contributed by atoms with van der Waals surface area (Å²) in [5, 5.41) is 13.2. The third-order valence-corrected chi connectivity index (χ3v) is 1.95. The van der Waals surface area contributed by atoms with Crippen molar-refractivity contribution in [2.24, 2.45) is 0 Å². The molecule has 1 rings (SSSR count). The Morgan fingerprint density at radius 3 is 2.67 bits per heavy atom. The van der Waals surface area contributed by atoms with Crippen molar-refractivity contribution in [2.75, 3.05) is 0 Å². The van der Waals surface area contributed by atoms with Gasteiger partial charge in [0.15, 0.2) is 0 Å². The van der Waals surface area contributed by atoms with E-state index in [2.05, 4.69) is 15.3 Å². The molecule has 0 aliphatic heterocycles. The highest BCUT2D eigenvalue weighted by atomic mass is 16.6. The summed E-state index contributed by atoms with van der Waals surface area (Å²) >= 11 is 0. The smallest absolute Gasteiger partial charge is 0.408 e. The van der Waals surface area contributed by atoms with E-state index in [9.17, 15) is 14.7 Å².